The summed E-state index contributed by atoms with van der Waals surface area (Å²) in [5.41, 5.74) is 1.64. The number of hydrogen-bond donors (Lipinski definition) is 1. The lowest BCUT2D eigenvalue weighted by atomic mass is 9.99. The molecule has 27 heavy (non-hydrogen) atoms. The number of carbonyl (C=O) groups excluding carboxylic acids is 4. The van der Waals surface area contributed by atoms with Gasteiger partial charge in [-0.3, -0.25) is 29.4 Å². The Morgan fingerprint density at radius 3 is 2.52 bits per heavy atom. The number of hydrogen-bond acceptors (Lipinski definition) is 5. The van der Waals surface area contributed by atoms with Crippen molar-refractivity contribution in [3.8, 4) is 0 Å². The molecule has 4 rings (SSSR count). The minimum atomic E-state index is -0.912. The Morgan fingerprint density at radius 2 is 1.78 bits per heavy atom. The van der Waals surface area contributed by atoms with Gasteiger partial charge in [0.05, 0.1) is 11.1 Å². The number of nitrogens with zero attached hydrogens (tertiary/aromatic N) is 2. The topological polar surface area (TPSA) is 86.8 Å². The first kappa shape index (κ1) is 17.9. The number of amides is 4. The lowest BCUT2D eigenvalue weighted by Gasteiger charge is -2.28. The second-order valence-corrected chi connectivity index (χ2v) is 7.44. The molecule has 0 radical (unpaired) electrons. The summed E-state index contributed by atoms with van der Waals surface area (Å²) in [5, 5.41) is 2.23. The Kier molecular flexibility index (Phi) is 4.78. The molecule has 1 aromatic rings. The van der Waals surface area contributed by atoms with E-state index >= 15 is 0 Å². The van der Waals surface area contributed by atoms with Crippen molar-refractivity contribution in [2.75, 3.05) is 19.6 Å². The monoisotopic (exact) mass is 369 g/mol. The van der Waals surface area contributed by atoms with Crippen LogP contribution in [0.25, 0.3) is 0 Å². The predicted octanol–water partition coefficient (Wildman–Crippen LogP) is 1.12. The third-order valence-electron chi connectivity index (χ3n) is 5.70. The van der Waals surface area contributed by atoms with Crippen LogP contribution in [0.5, 0.6) is 0 Å². The summed E-state index contributed by atoms with van der Waals surface area (Å²) in [6.07, 6.45) is 4.68. The second kappa shape index (κ2) is 7.23. The van der Waals surface area contributed by atoms with Crippen LogP contribution in [0, 0.1) is 0 Å². The van der Waals surface area contributed by atoms with Gasteiger partial charge in [0, 0.05) is 13.0 Å². The van der Waals surface area contributed by atoms with Gasteiger partial charge in [-0.05, 0) is 50.4 Å². The zero-order valence-electron chi connectivity index (χ0n) is 15.2. The lowest BCUT2D eigenvalue weighted by Crippen LogP contribution is -2.54. The van der Waals surface area contributed by atoms with Crippen molar-refractivity contribution in [2.24, 2.45) is 0 Å². The van der Waals surface area contributed by atoms with Crippen LogP contribution < -0.4 is 5.32 Å². The van der Waals surface area contributed by atoms with E-state index in [1.54, 1.807) is 12.1 Å². The number of carbonyl (C=O) groups is 4. The van der Waals surface area contributed by atoms with E-state index in [2.05, 4.69) is 10.2 Å². The summed E-state index contributed by atoms with van der Waals surface area (Å²) in [6.45, 7) is 3.00. The first-order valence-corrected chi connectivity index (χ1v) is 9.62. The molecule has 2 saturated heterocycles. The number of piperidine rings is 2. The van der Waals surface area contributed by atoms with Crippen LogP contribution >= 0.6 is 0 Å². The number of imide groups is 2. The molecular formula is C20H23N3O4. The molecule has 1 atom stereocenters. The van der Waals surface area contributed by atoms with Crippen molar-refractivity contribution >= 4 is 23.6 Å². The minimum absolute atomic E-state index is 0.131. The van der Waals surface area contributed by atoms with Crippen molar-refractivity contribution < 1.29 is 19.2 Å². The van der Waals surface area contributed by atoms with Crippen molar-refractivity contribution in [2.45, 2.75) is 44.6 Å². The van der Waals surface area contributed by atoms with Crippen LogP contribution in [0.15, 0.2) is 18.2 Å². The van der Waals surface area contributed by atoms with E-state index in [0.717, 1.165) is 30.1 Å². The third kappa shape index (κ3) is 3.27. The Morgan fingerprint density at radius 1 is 1.00 bits per heavy atom. The van der Waals surface area contributed by atoms with Gasteiger partial charge >= 0.3 is 0 Å². The molecule has 0 aliphatic carbocycles. The van der Waals surface area contributed by atoms with E-state index in [9.17, 15) is 19.2 Å². The van der Waals surface area contributed by atoms with Crippen LogP contribution in [-0.2, 0) is 16.0 Å². The molecule has 4 amide bonds. The Labute approximate surface area is 157 Å². The fourth-order valence-corrected chi connectivity index (χ4v) is 4.25. The summed E-state index contributed by atoms with van der Waals surface area (Å²) in [6, 6.07) is 4.42. The van der Waals surface area contributed by atoms with E-state index < -0.39 is 23.8 Å². The highest BCUT2D eigenvalue weighted by molar-refractivity contribution is 6.24. The van der Waals surface area contributed by atoms with Crippen molar-refractivity contribution in [3.05, 3.63) is 34.9 Å². The molecule has 0 aromatic heterocycles. The van der Waals surface area contributed by atoms with Gasteiger partial charge < -0.3 is 4.90 Å². The second-order valence-electron chi connectivity index (χ2n) is 7.44. The first-order chi connectivity index (χ1) is 13.1. The van der Waals surface area contributed by atoms with Crippen LogP contribution in [0.2, 0.25) is 0 Å². The van der Waals surface area contributed by atoms with Crippen LogP contribution in [-0.4, -0.2) is 59.1 Å². The lowest BCUT2D eigenvalue weighted by molar-refractivity contribution is -0.136. The SMILES string of the molecule is O=C1CCC(N2C(=O)c3cccc(CCN4CCCCC4)c3C2=O)C(=O)N1. The van der Waals surface area contributed by atoms with Gasteiger partial charge in [0.1, 0.15) is 6.04 Å². The van der Waals surface area contributed by atoms with Gasteiger partial charge in [0.15, 0.2) is 0 Å². The molecule has 2 fully saturated rings. The number of benzene rings is 1. The number of nitrogens with one attached hydrogen (secondary N) is 1. The normalized spacial score (nSPS) is 23.6. The Hall–Kier alpha value is -2.54. The summed E-state index contributed by atoms with van der Waals surface area (Å²) in [7, 11) is 0. The quantitative estimate of drug-likeness (QED) is 0.804. The van der Waals surface area contributed by atoms with E-state index in [0.29, 0.717) is 17.5 Å². The summed E-state index contributed by atoms with van der Waals surface area (Å²) in [5.74, 6) is -1.80. The highest BCUT2D eigenvalue weighted by Crippen LogP contribution is 2.30. The average molecular weight is 369 g/mol. The molecule has 0 spiro atoms. The standard InChI is InChI=1S/C20H23N3O4/c24-16-8-7-15(18(25)21-16)23-19(26)14-6-4-5-13(17(14)20(23)27)9-12-22-10-2-1-3-11-22/h4-6,15H,1-3,7-12H2,(H,21,24,25). The Balaban J connectivity index is 1.55. The van der Waals surface area contributed by atoms with Gasteiger partial charge in [-0.1, -0.05) is 18.6 Å². The minimum Gasteiger partial charge on any atom is -0.303 e. The molecule has 7 heteroatoms. The molecule has 0 bridgehead atoms. The van der Waals surface area contributed by atoms with Gasteiger partial charge in [0.2, 0.25) is 11.8 Å². The molecule has 7 nitrogen and oxygen atoms in total. The molecule has 3 heterocycles. The van der Waals surface area contributed by atoms with Crippen LogP contribution in [0.3, 0.4) is 0 Å². The number of rotatable bonds is 4. The highest BCUT2D eigenvalue weighted by Gasteiger charge is 2.45. The van der Waals surface area contributed by atoms with E-state index in [-0.39, 0.29) is 18.7 Å². The van der Waals surface area contributed by atoms with E-state index in [4.69, 9.17) is 0 Å². The molecule has 1 N–H and O–H groups in total. The molecule has 0 saturated carbocycles. The highest BCUT2D eigenvalue weighted by atomic mass is 16.2. The van der Waals surface area contributed by atoms with Crippen LogP contribution in [0.1, 0.15) is 58.4 Å². The summed E-state index contributed by atoms with van der Waals surface area (Å²) >= 11 is 0. The smallest absolute Gasteiger partial charge is 0.262 e. The van der Waals surface area contributed by atoms with E-state index in [1.165, 1.54) is 19.3 Å². The zero-order chi connectivity index (χ0) is 19.0. The van der Waals surface area contributed by atoms with E-state index in [1.807, 2.05) is 6.07 Å². The van der Waals surface area contributed by atoms with Gasteiger partial charge in [-0.2, -0.15) is 0 Å². The largest absolute Gasteiger partial charge is 0.303 e. The molecular weight excluding hydrogens is 346 g/mol. The zero-order valence-corrected chi connectivity index (χ0v) is 15.2. The fraction of sp³-hybridized carbons (Fsp3) is 0.500. The number of likely N-dealkylation sites (tertiary alicyclic amines) is 1. The van der Waals surface area contributed by atoms with Gasteiger partial charge in [-0.25, -0.2) is 0 Å². The van der Waals surface area contributed by atoms with Gasteiger partial charge in [-0.15, -0.1) is 0 Å². The van der Waals surface area contributed by atoms with Crippen molar-refractivity contribution in [3.63, 3.8) is 0 Å². The maximum Gasteiger partial charge on any atom is 0.262 e. The maximum atomic E-state index is 13.0. The van der Waals surface area contributed by atoms with Crippen molar-refractivity contribution in [1.82, 2.24) is 15.1 Å². The third-order valence-corrected chi connectivity index (χ3v) is 5.70. The van der Waals surface area contributed by atoms with Gasteiger partial charge in [0.25, 0.3) is 11.8 Å². The predicted molar refractivity (Wildman–Crippen MR) is 97.1 cm³/mol. The molecule has 142 valence electrons. The molecule has 3 aliphatic heterocycles. The first-order valence-electron chi connectivity index (χ1n) is 9.62. The molecule has 1 unspecified atom stereocenters. The maximum absolute atomic E-state index is 13.0. The average Bonchev–Trinajstić information content (AvgIpc) is 2.93. The summed E-state index contributed by atoms with van der Waals surface area (Å²) < 4.78 is 0. The van der Waals surface area contributed by atoms with Crippen molar-refractivity contribution in [1.29, 1.82) is 0 Å². The summed E-state index contributed by atoms with van der Waals surface area (Å²) in [4.78, 5) is 52.8. The Bertz CT molecular complexity index is 813. The fourth-order valence-electron chi connectivity index (χ4n) is 4.25. The number of fused-ring (bicyclic) bond motifs is 1. The molecule has 1 aromatic carbocycles. The van der Waals surface area contributed by atoms with Crippen LogP contribution in [0.4, 0.5) is 0 Å². The molecule has 3 aliphatic rings.